The highest BCUT2D eigenvalue weighted by Gasteiger charge is 2.35. The molecule has 0 aliphatic heterocycles. The number of carbonyl (C=O) groups is 2. The van der Waals surface area contributed by atoms with Crippen LogP contribution in [-0.4, -0.2) is 50.0 Å². The molecule has 1 atom stereocenters. The zero-order valence-electron chi connectivity index (χ0n) is 13.1. The Morgan fingerprint density at radius 1 is 1.35 bits per heavy atom. The van der Waals surface area contributed by atoms with Crippen molar-refractivity contribution in [3.63, 3.8) is 0 Å². The molecule has 0 saturated carbocycles. The van der Waals surface area contributed by atoms with E-state index >= 15 is 0 Å². The molecule has 0 aliphatic carbocycles. The number of nitriles is 1. The van der Waals surface area contributed by atoms with Gasteiger partial charge in [0.05, 0.1) is 25.3 Å². The van der Waals surface area contributed by atoms with Crippen molar-refractivity contribution in [1.29, 1.82) is 5.26 Å². The van der Waals surface area contributed by atoms with E-state index in [4.69, 9.17) is 24.6 Å². The molecule has 1 aromatic carbocycles. The van der Waals surface area contributed by atoms with Crippen LogP contribution in [0.25, 0.3) is 0 Å². The Kier molecular flexibility index (Phi) is 6.35. The number of carboxylic acids is 1. The van der Waals surface area contributed by atoms with Gasteiger partial charge in [-0.2, -0.15) is 5.26 Å². The average Bonchev–Trinajstić information content (AvgIpc) is 2.52. The molecular formula is C15H18N2O6. The van der Waals surface area contributed by atoms with Crippen LogP contribution < -0.4 is 14.8 Å². The first-order valence-corrected chi connectivity index (χ1v) is 6.60. The molecule has 23 heavy (non-hydrogen) atoms. The fraction of sp³-hybridized carbons (Fsp3) is 0.400. The van der Waals surface area contributed by atoms with E-state index in [9.17, 15) is 9.59 Å². The lowest BCUT2D eigenvalue weighted by molar-refractivity contribution is -0.149. The predicted octanol–water partition coefficient (Wildman–Crippen LogP) is 0.552. The van der Waals surface area contributed by atoms with Gasteiger partial charge in [-0.15, -0.1) is 0 Å². The van der Waals surface area contributed by atoms with Crippen LogP contribution in [0.15, 0.2) is 18.2 Å². The maximum atomic E-state index is 11.9. The molecule has 1 unspecified atom stereocenters. The third-order valence-electron chi connectivity index (χ3n) is 2.97. The van der Waals surface area contributed by atoms with Gasteiger partial charge in [-0.3, -0.25) is 4.79 Å². The minimum Gasteiger partial charge on any atom is -0.493 e. The summed E-state index contributed by atoms with van der Waals surface area (Å²) in [5.41, 5.74) is -1.17. The Morgan fingerprint density at radius 3 is 2.57 bits per heavy atom. The molecular weight excluding hydrogens is 304 g/mol. The molecule has 0 saturated heterocycles. The number of carboxylic acid groups (broad SMARTS) is 1. The standard InChI is InChI=1S/C15H18N2O6/c1-15(9-21-2,14(19)20)17-13(18)8-23-11-5-4-10(7-16)6-12(11)22-3/h4-6H,8-9H2,1-3H3,(H,17,18)(H,19,20). The molecule has 0 heterocycles. The van der Waals surface area contributed by atoms with Crippen LogP contribution in [0.1, 0.15) is 12.5 Å². The van der Waals surface area contributed by atoms with Gasteiger partial charge in [-0.25, -0.2) is 4.79 Å². The van der Waals surface area contributed by atoms with Crippen LogP contribution in [0.4, 0.5) is 0 Å². The summed E-state index contributed by atoms with van der Waals surface area (Å²) in [4.78, 5) is 23.1. The molecule has 8 heteroatoms. The Morgan fingerprint density at radius 2 is 2.04 bits per heavy atom. The summed E-state index contributed by atoms with van der Waals surface area (Å²) in [5, 5.41) is 20.3. The molecule has 1 amide bonds. The van der Waals surface area contributed by atoms with Gasteiger partial charge < -0.3 is 24.6 Å². The van der Waals surface area contributed by atoms with E-state index in [1.807, 2.05) is 6.07 Å². The normalized spacial score (nSPS) is 12.6. The average molecular weight is 322 g/mol. The Balaban J connectivity index is 2.73. The highest BCUT2D eigenvalue weighted by Crippen LogP contribution is 2.27. The zero-order valence-corrected chi connectivity index (χ0v) is 13.1. The van der Waals surface area contributed by atoms with E-state index in [2.05, 4.69) is 5.32 Å². The number of nitrogens with one attached hydrogen (secondary N) is 1. The van der Waals surface area contributed by atoms with Crippen molar-refractivity contribution in [2.75, 3.05) is 27.4 Å². The molecule has 0 spiro atoms. The number of hydrogen-bond donors (Lipinski definition) is 2. The molecule has 8 nitrogen and oxygen atoms in total. The maximum absolute atomic E-state index is 11.9. The van der Waals surface area contributed by atoms with Gasteiger partial charge in [0.15, 0.2) is 23.6 Å². The fourth-order valence-electron chi connectivity index (χ4n) is 1.78. The summed E-state index contributed by atoms with van der Waals surface area (Å²) < 4.78 is 15.2. The van der Waals surface area contributed by atoms with Crippen molar-refractivity contribution in [3.05, 3.63) is 23.8 Å². The van der Waals surface area contributed by atoms with Gasteiger partial charge in [-0.05, 0) is 19.1 Å². The maximum Gasteiger partial charge on any atom is 0.331 e. The van der Waals surface area contributed by atoms with E-state index in [0.29, 0.717) is 11.3 Å². The number of carbonyl (C=O) groups excluding carboxylic acids is 1. The van der Waals surface area contributed by atoms with E-state index in [-0.39, 0.29) is 12.4 Å². The third kappa shape index (κ3) is 4.86. The summed E-state index contributed by atoms with van der Waals surface area (Å²) in [6.45, 7) is 0.738. The highest BCUT2D eigenvalue weighted by molar-refractivity contribution is 5.87. The van der Waals surface area contributed by atoms with Crippen LogP contribution in [-0.2, 0) is 14.3 Å². The molecule has 124 valence electrons. The second kappa shape index (κ2) is 8.00. The molecule has 0 aromatic heterocycles. The lowest BCUT2D eigenvalue weighted by Gasteiger charge is -2.25. The lowest BCUT2D eigenvalue weighted by Crippen LogP contribution is -2.56. The fourth-order valence-corrected chi connectivity index (χ4v) is 1.78. The lowest BCUT2D eigenvalue weighted by atomic mass is 10.0. The highest BCUT2D eigenvalue weighted by atomic mass is 16.5. The van der Waals surface area contributed by atoms with Gasteiger partial charge in [-0.1, -0.05) is 0 Å². The van der Waals surface area contributed by atoms with Gasteiger partial charge in [0.2, 0.25) is 0 Å². The number of ether oxygens (including phenoxy) is 3. The molecule has 2 N–H and O–H groups in total. The first kappa shape index (κ1) is 18.3. The summed E-state index contributed by atoms with van der Waals surface area (Å²) >= 11 is 0. The van der Waals surface area contributed by atoms with Crippen molar-refractivity contribution < 1.29 is 28.9 Å². The number of rotatable bonds is 8. The molecule has 0 aliphatic rings. The van der Waals surface area contributed by atoms with Crippen LogP contribution in [0.2, 0.25) is 0 Å². The van der Waals surface area contributed by atoms with Crippen LogP contribution in [0, 0.1) is 11.3 Å². The topological polar surface area (TPSA) is 118 Å². The number of benzene rings is 1. The van der Waals surface area contributed by atoms with Gasteiger partial charge in [0.25, 0.3) is 5.91 Å². The van der Waals surface area contributed by atoms with E-state index < -0.39 is 24.0 Å². The van der Waals surface area contributed by atoms with Crippen molar-refractivity contribution in [3.8, 4) is 17.6 Å². The second-order valence-electron chi connectivity index (χ2n) is 4.88. The van der Waals surface area contributed by atoms with E-state index in [1.54, 1.807) is 0 Å². The van der Waals surface area contributed by atoms with Crippen molar-refractivity contribution >= 4 is 11.9 Å². The largest absolute Gasteiger partial charge is 0.493 e. The van der Waals surface area contributed by atoms with Crippen LogP contribution in [0.5, 0.6) is 11.5 Å². The molecule has 0 bridgehead atoms. The SMILES string of the molecule is COCC(C)(NC(=O)COc1ccc(C#N)cc1OC)C(=O)O. The summed E-state index contributed by atoms with van der Waals surface area (Å²) in [6.07, 6.45) is 0. The Hall–Kier alpha value is -2.79. The summed E-state index contributed by atoms with van der Waals surface area (Å²) in [6, 6.07) is 6.44. The molecule has 0 fully saturated rings. The van der Waals surface area contributed by atoms with Crippen molar-refractivity contribution in [1.82, 2.24) is 5.32 Å². The second-order valence-corrected chi connectivity index (χ2v) is 4.88. The number of nitrogens with zero attached hydrogens (tertiary/aromatic N) is 1. The molecule has 0 radical (unpaired) electrons. The van der Waals surface area contributed by atoms with E-state index in [0.717, 1.165) is 0 Å². The Bertz CT molecular complexity index is 625. The monoisotopic (exact) mass is 322 g/mol. The number of hydrogen-bond acceptors (Lipinski definition) is 6. The summed E-state index contributed by atoms with van der Waals surface area (Å²) in [5.74, 6) is -1.28. The van der Waals surface area contributed by atoms with Gasteiger partial charge in [0, 0.05) is 13.2 Å². The molecule has 1 rings (SSSR count). The molecule has 1 aromatic rings. The zero-order chi connectivity index (χ0) is 17.5. The minimum absolute atomic E-state index is 0.186. The quantitative estimate of drug-likeness (QED) is 0.717. The Labute approximate surface area is 133 Å². The smallest absolute Gasteiger partial charge is 0.331 e. The van der Waals surface area contributed by atoms with Crippen LogP contribution >= 0.6 is 0 Å². The minimum atomic E-state index is -1.55. The van der Waals surface area contributed by atoms with Crippen molar-refractivity contribution in [2.24, 2.45) is 0 Å². The van der Waals surface area contributed by atoms with Gasteiger partial charge >= 0.3 is 5.97 Å². The predicted molar refractivity (Wildman–Crippen MR) is 79.3 cm³/mol. The van der Waals surface area contributed by atoms with Crippen LogP contribution in [0.3, 0.4) is 0 Å². The van der Waals surface area contributed by atoms with E-state index in [1.165, 1.54) is 39.3 Å². The first-order chi connectivity index (χ1) is 10.9. The number of methoxy groups -OCH3 is 2. The third-order valence-corrected chi connectivity index (χ3v) is 2.97. The first-order valence-electron chi connectivity index (χ1n) is 6.60. The van der Waals surface area contributed by atoms with Crippen molar-refractivity contribution in [2.45, 2.75) is 12.5 Å². The van der Waals surface area contributed by atoms with Gasteiger partial charge in [0.1, 0.15) is 0 Å². The number of amides is 1. The summed E-state index contributed by atoms with van der Waals surface area (Å²) in [7, 11) is 2.75. The number of aliphatic carboxylic acids is 1.